The maximum Gasteiger partial charge on any atom is 0.231 e. The third-order valence-corrected chi connectivity index (χ3v) is 5.80. The number of rotatable bonds is 8. The summed E-state index contributed by atoms with van der Waals surface area (Å²) in [4.78, 5) is 19.0. The average Bonchev–Trinajstić information content (AvgIpc) is 3.38. The number of unbranched alkanes of at least 4 members (excludes halogenated alkanes) is 1. The number of carbonyl (C=O) groups is 1. The lowest BCUT2D eigenvalue weighted by atomic mass is 10.0. The predicted molar refractivity (Wildman–Crippen MR) is 122 cm³/mol. The molecule has 2 heterocycles. The van der Waals surface area contributed by atoms with Gasteiger partial charge in [-0.05, 0) is 72.8 Å². The number of aryl methyl sites for hydroxylation is 1. The van der Waals surface area contributed by atoms with Gasteiger partial charge in [-0.1, -0.05) is 25.5 Å². The largest absolute Gasteiger partial charge is 0.494 e. The Kier molecular flexibility index (Phi) is 6.10. The smallest absolute Gasteiger partial charge is 0.231 e. The number of hydrogen-bond donors (Lipinski definition) is 0. The molecule has 4 nitrogen and oxygen atoms in total. The molecule has 0 aliphatic carbocycles. The molecule has 0 bridgehead atoms. The van der Waals surface area contributed by atoms with Gasteiger partial charge in [-0.25, -0.2) is 4.98 Å². The molecule has 0 spiro atoms. The lowest BCUT2D eigenvalue weighted by Gasteiger charge is -2.07. The number of oxazole rings is 1. The van der Waals surface area contributed by atoms with Gasteiger partial charge in [0, 0.05) is 10.4 Å². The number of ether oxygens (including phenoxy) is 1. The number of Topliss-reactive ketones (excluding diaryl/α,β-unsaturated/α-hetero) is 1. The average molecular weight is 418 g/mol. The van der Waals surface area contributed by atoms with E-state index < -0.39 is 0 Å². The van der Waals surface area contributed by atoms with Crippen molar-refractivity contribution in [2.45, 2.75) is 26.7 Å². The Labute approximate surface area is 179 Å². The van der Waals surface area contributed by atoms with Gasteiger partial charge < -0.3 is 9.15 Å². The summed E-state index contributed by atoms with van der Waals surface area (Å²) in [7, 11) is 0. The molecule has 5 heteroatoms. The van der Waals surface area contributed by atoms with Crippen LogP contribution in [0.3, 0.4) is 0 Å². The Morgan fingerprint density at radius 3 is 2.63 bits per heavy atom. The van der Waals surface area contributed by atoms with Crippen LogP contribution in [0.5, 0.6) is 5.75 Å². The second kappa shape index (κ2) is 9.09. The summed E-state index contributed by atoms with van der Waals surface area (Å²) < 4.78 is 11.6. The molecule has 0 aliphatic rings. The molecule has 0 saturated carbocycles. The molecule has 30 heavy (non-hydrogen) atoms. The first kappa shape index (κ1) is 20.1. The summed E-state index contributed by atoms with van der Waals surface area (Å²) >= 11 is 1.59. The first-order valence-electron chi connectivity index (χ1n) is 10.0. The molecule has 0 fully saturated rings. The lowest BCUT2D eigenvalue weighted by Crippen LogP contribution is -2.04. The molecule has 0 atom stereocenters. The van der Waals surface area contributed by atoms with Crippen LogP contribution in [-0.4, -0.2) is 17.4 Å². The molecule has 0 radical (unpaired) electrons. The van der Waals surface area contributed by atoms with E-state index in [2.05, 4.69) is 11.9 Å². The van der Waals surface area contributed by atoms with Crippen molar-refractivity contribution in [1.29, 1.82) is 0 Å². The first-order chi connectivity index (χ1) is 14.7. The number of aromatic nitrogens is 1. The minimum absolute atomic E-state index is 0.130. The van der Waals surface area contributed by atoms with Gasteiger partial charge in [0.25, 0.3) is 0 Å². The number of hydrogen-bond acceptors (Lipinski definition) is 5. The molecule has 0 saturated heterocycles. The monoisotopic (exact) mass is 417 g/mol. The van der Waals surface area contributed by atoms with E-state index in [4.69, 9.17) is 9.15 Å². The highest BCUT2D eigenvalue weighted by molar-refractivity contribution is 7.11. The van der Waals surface area contributed by atoms with Crippen LogP contribution in [0.2, 0.25) is 0 Å². The van der Waals surface area contributed by atoms with Gasteiger partial charge >= 0.3 is 0 Å². The summed E-state index contributed by atoms with van der Waals surface area (Å²) in [5.41, 5.74) is 3.51. The molecule has 2 aromatic heterocycles. The highest BCUT2D eigenvalue weighted by Crippen LogP contribution is 2.29. The van der Waals surface area contributed by atoms with E-state index in [0.717, 1.165) is 34.5 Å². The first-order valence-corrected chi connectivity index (χ1v) is 10.9. The molecule has 0 aliphatic heterocycles. The number of carbonyl (C=O) groups excluding carboxylic acids is 1. The molecule has 0 N–H and O–H groups in total. The number of benzene rings is 2. The van der Waals surface area contributed by atoms with Crippen molar-refractivity contribution in [3.05, 3.63) is 81.9 Å². The summed E-state index contributed by atoms with van der Waals surface area (Å²) in [6.07, 6.45) is 3.96. The lowest BCUT2D eigenvalue weighted by molar-refractivity contribution is 0.105. The van der Waals surface area contributed by atoms with E-state index in [0.29, 0.717) is 29.2 Å². The van der Waals surface area contributed by atoms with Crippen LogP contribution in [-0.2, 0) is 0 Å². The molecule has 2 aromatic carbocycles. The second-order valence-electron chi connectivity index (χ2n) is 7.07. The molecular weight excluding hydrogens is 394 g/mol. The van der Waals surface area contributed by atoms with Gasteiger partial charge in [-0.2, -0.15) is 0 Å². The molecule has 152 valence electrons. The molecule has 0 unspecified atom stereocenters. The van der Waals surface area contributed by atoms with E-state index in [9.17, 15) is 4.79 Å². The number of para-hydroxylation sites is 2. The zero-order valence-electron chi connectivity index (χ0n) is 17.1. The summed E-state index contributed by atoms with van der Waals surface area (Å²) in [5, 5.41) is 2.01. The van der Waals surface area contributed by atoms with Gasteiger partial charge in [-0.3, -0.25) is 4.79 Å². The van der Waals surface area contributed by atoms with Crippen LogP contribution in [0.15, 0.2) is 64.4 Å². The minimum atomic E-state index is -0.130. The normalized spacial score (nSPS) is 11.7. The quantitative estimate of drug-likeness (QED) is 0.180. The van der Waals surface area contributed by atoms with Crippen LogP contribution in [0.25, 0.3) is 22.7 Å². The van der Waals surface area contributed by atoms with Crippen molar-refractivity contribution in [2.75, 3.05) is 6.61 Å². The Hall–Kier alpha value is -3.18. The SMILES string of the molecule is CCCCOc1ccc(C(=O)/C(=C/c2sccc2C)c2nc3ccccc3o2)cc1. The number of fused-ring (bicyclic) bond motifs is 1. The number of ketones is 1. The van der Waals surface area contributed by atoms with E-state index in [1.54, 1.807) is 23.5 Å². The third-order valence-electron chi connectivity index (χ3n) is 4.83. The summed E-state index contributed by atoms with van der Waals surface area (Å²) in [6, 6.07) is 16.8. The third kappa shape index (κ3) is 4.36. The Morgan fingerprint density at radius 2 is 1.93 bits per heavy atom. The van der Waals surface area contributed by atoms with E-state index >= 15 is 0 Å². The number of allylic oxidation sites excluding steroid dienone is 1. The van der Waals surface area contributed by atoms with Crippen molar-refractivity contribution < 1.29 is 13.9 Å². The van der Waals surface area contributed by atoms with Gasteiger partial charge in [0.2, 0.25) is 5.89 Å². The van der Waals surface area contributed by atoms with Crippen molar-refractivity contribution in [2.24, 2.45) is 0 Å². The topological polar surface area (TPSA) is 52.3 Å². The van der Waals surface area contributed by atoms with E-state index in [1.807, 2.05) is 60.8 Å². The fraction of sp³-hybridized carbons (Fsp3) is 0.200. The number of thiophene rings is 1. The van der Waals surface area contributed by atoms with Crippen LogP contribution in [0, 0.1) is 6.92 Å². The molecule has 4 aromatic rings. The number of nitrogens with zero attached hydrogens (tertiary/aromatic N) is 1. The van der Waals surface area contributed by atoms with Crippen molar-refractivity contribution in [3.63, 3.8) is 0 Å². The summed E-state index contributed by atoms with van der Waals surface area (Å²) in [6.45, 7) is 4.83. The highest BCUT2D eigenvalue weighted by Gasteiger charge is 2.21. The van der Waals surface area contributed by atoms with Crippen LogP contribution < -0.4 is 4.74 Å². The highest BCUT2D eigenvalue weighted by atomic mass is 32.1. The van der Waals surface area contributed by atoms with Crippen LogP contribution in [0.1, 0.15) is 46.5 Å². The second-order valence-corrected chi connectivity index (χ2v) is 8.02. The fourth-order valence-corrected chi connectivity index (χ4v) is 3.93. The minimum Gasteiger partial charge on any atom is -0.494 e. The van der Waals surface area contributed by atoms with Gasteiger partial charge in [-0.15, -0.1) is 11.3 Å². The van der Waals surface area contributed by atoms with Crippen molar-refractivity contribution >= 4 is 39.9 Å². The molecule has 4 rings (SSSR count). The van der Waals surface area contributed by atoms with E-state index in [1.165, 1.54) is 0 Å². The zero-order valence-corrected chi connectivity index (χ0v) is 17.9. The fourth-order valence-electron chi connectivity index (χ4n) is 3.07. The maximum absolute atomic E-state index is 13.4. The van der Waals surface area contributed by atoms with Crippen LogP contribution in [0.4, 0.5) is 0 Å². The Bertz CT molecular complexity index is 1150. The van der Waals surface area contributed by atoms with Crippen LogP contribution >= 0.6 is 11.3 Å². The summed E-state index contributed by atoms with van der Waals surface area (Å²) in [5.74, 6) is 0.966. The zero-order chi connectivity index (χ0) is 20.9. The van der Waals surface area contributed by atoms with Gasteiger partial charge in [0.05, 0.1) is 12.2 Å². The van der Waals surface area contributed by atoms with Crippen molar-refractivity contribution in [1.82, 2.24) is 4.98 Å². The standard InChI is InChI=1S/C25H23NO3S/c1-3-4-14-28-19-11-9-18(10-12-19)24(27)20(16-23-17(2)13-15-30-23)25-26-21-7-5-6-8-22(21)29-25/h5-13,15-16H,3-4,14H2,1-2H3/b20-16-. The van der Waals surface area contributed by atoms with Crippen molar-refractivity contribution in [3.8, 4) is 5.75 Å². The Morgan fingerprint density at radius 1 is 1.13 bits per heavy atom. The van der Waals surface area contributed by atoms with E-state index in [-0.39, 0.29) is 5.78 Å². The van der Waals surface area contributed by atoms with Gasteiger partial charge in [0.15, 0.2) is 11.4 Å². The predicted octanol–water partition coefficient (Wildman–Crippen LogP) is 6.80. The van der Waals surface area contributed by atoms with Gasteiger partial charge in [0.1, 0.15) is 11.3 Å². The maximum atomic E-state index is 13.4. The molecule has 0 amide bonds. The Balaban J connectivity index is 1.69. The molecular formula is C25H23NO3S.